The zero-order chi connectivity index (χ0) is 15.0. The second-order valence-electron chi connectivity index (χ2n) is 6.67. The van der Waals surface area contributed by atoms with Crippen LogP contribution in [0.3, 0.4) is 0 Å². The van der Waals surface area contributed by atoms with Crippen LogP contribution in [0.25, 0.3) is 21.8 Å². The van der Waals surface area contributed by atoms with Gasteiger partial charge in [-0.15, -0.1) is 0 Å². The molecule has 6 rings (SSSR count). The molecule has 0 spiro atoms. The summed E-state index contributed by atoms with van der Waals surface area (Å²) in [5, 5.41) is 1.71. The molecular formula is C17H15ClFN3. The van der Waals surface area contributed by atoms with E-state index in [-0.39, 0.29) is 5.15 Å². The third-order valence-corrected chi connectivity index (χ3v) is 5.84. The molecule has 0 N–H and O–H groups in total. The lowest BCUT2D eigenvalue weighted by Gasteiger charge is -2.38. The summed E-state index contributed by atoms with van der Waals surface area (Å²) in [4.78, 5) is 8.27. The van der Waals surface area contributed by atoms with Crippen molar-refractivity contribution in [3.8, 4) is 0 Å². The fourth-order valence-electron chi connectivity index (χ4n) is 4.62. The van der Waals surface area contributed by atoms with E-state index < -0.39 is 5.82 Å². The molecule has 2 unspecified atom stereocenters. The molecular weight excluding hydrogens is 301 g/mol. The maximum absolute atomic E-state index is 14.3. The van der Waals surface area contributed by atoms with Gasteiger partial charge in [-0.05, 0) is 44.1 Å². The quantitative estimate of drug-likeness (QED) is 0.612. The lowest BCUT2D eigenvalue weighted by molar-refractivity contribution is 0.167. The molecule has 3 aliphatic carbocycles. The van der Waals surface area contributed by atoms with Gasteiger partial charge in [0.05, 0.1) is 5.52 Å². The van der Waals surface area contributed by atoms with Crippen LogP contribution in [0.2, 0.25) is 5.15 Å². The Morgan fingerprint density at radius 1 is 1.23 bits per heavy atom. The molecule has 3 nitrogen and oxygen atoms in total. The van der Waals surface area contributed by atoms with Gasteiger partial charge in [-0.3, -0.25) is 4.98 Å². The first kappa shape index (κ1) is 12.8. The summed E-state index contributed by atoms with van der Waals surface area (Å²) in [6, 6.07) is 2.70. The van der Waals surface area contributed by atoms with E-state index in [9.17, 15) is 4.39 Å². The predicted octanol–water partition coefficient (Wildman–Crippen LogP) is 4.66. The van der Waals surface area contributed by atoms with Crippen LogP contribution in [-0.2, 0) is 0 Å². The van der Waals surface area contributed by atoms with E-state index in [0.717, 1.165) is 28.1 Å². The molecule has 2 atom stereocenters. The Morgan fingerprint density at radius 3 is 2.73 bits per heavy atom. The minimum atomic E-state index is -0.525. The molecule has 0 aromatic carbocycles. The summed E-state index contributed by atoms with van der Waals surface area (Å²) in [5.41, 5.74) is 2.60. The highest BCUT2D eigenvalue weighted by Gasteiger charge is 2.48. The van der Waals surface area contributed by atoms with Gasteiger partial charge in [-0.2, -0.15) is 0 Å². The molecule has 22 heavy (non-hydrogen) atoms. The molecule has 112 valence electrons. The van der Waals surface area contributed by atoms with Crippen molar-refractivity contribution in [1.82, 2.24) is 14.5 Å². The van der Waals surface area contributed by atoms with Gasteiger partial charge in [-0.25, -0.2) is 9.37 Å². The van der Waals surface area contributed by atoms with Crippen LogP contribution in [0.4, 0.5) is 4.39 Å². The fraction of sp³-hybridized carbons (Fsp3) is 0.412. The molecule has 3 heterocycles. The van der Waals surface area contributed by atoms with E-state index in [1.807, 2.05) is 0 Å². The molecule has 3 saturated carbocycles. The number of pyridine rings is 2. The van der Waals surface area contributed by atoms with Gasteiger partial charge in [0.15, 0.2) is 11.0 Å². The molecule has 0 saturated heterocycles. The first-order chi connectivity index (χ1) is 10.6. The maximum atomic E-state index is 14.3. The summed E-state index contributed by atoms with van der Waals surface area (Å²) < 4.78 is 16.7. The van der Waals surface area contributed by atoms with E-state index >= 15 is 0 Å². The molecule has 3 fully saturated rings. The third-order valence-electron chi connectivity index (χ3n) is 5.58. The number of fused-ring (bicyclic) bond motifs is 4. The van der Waals surface area contributed by atoms with Gasteiger partial charge < -0.3 is 4.57 Å². The smallest absolute Gasteiger partial charge is 0.186 e. The van der Waals surface area contributed by atoms with Crippen molar-refractivity contribution < 1.29 is 4.39 Å². The van der Waals surface area contributed by atoms with E-state index in [4.69, 9.17) is 11.6 Å². The van der Waals surface area contributed by atoms with Crippen LogP contribution in [0.5, 0.6) is 0 Å². The summed E-state index contributed by atoms with van der Waals surface area (Å²) in [6.45, 7) is 2.13. The second kappa shape index (κ2) is 4.19. The Bertz CT molecular complexity index is 919. The summed E-state index contributed by atoms with van der Waals surface area (Å²) in [6.07, 6.45) is 7.38. The van der Waals surface area contributed by atoms with Gasteiger partial charge in [0.1, 0.15) is 5.52 Å². The number of nitrogens with zero attached hydrogens (tertiary/aromatic N) is 3. The highest BCUT2D eigenvalue weighted by Crippen LogP contribution is 2.57. The maximum Gasteiger partial charge on any atom is 0.186 e. The number of aromatic nitrogens is 3. The zero-order valence-corrected chi connectivity index (χ0v) is 12.9. The van der Waals surface area contributed by atoms with Crippen molar-refractivity contribution in [3.63, 3.8) is 0 Å². The number of hydrogen-bond donors (Lipinski definition) is 0. The van der Waals surface area contributed by atoms with Crippen molar-refractivity contribution in [2.24, 2.45) is 11.8 Å². The molecule has 3 aromatic heterocycles. The van der Waals surface area contributed by atoms with Crippen molar-refractivity contribution >= 4 is 33.4 Å². The van der Waals surface area contributed by atoms with Gasteiger partial charge >= 0.3 is 0 Å². The minimum absolute atomic E-state index is 0.113. The van der Waals surface area contributed by atoms with Gasteiger partial charge in [-0.1, -0.05) is 11.6 Å². The minimum Gasteiger partial charge on any atom is -0.341 e. The van der Waals surface area contributed by atoms with Crippen molar-refractivity contribution in [1.29, 1.82) is 0 Å². The Labute approximate surface area is 132 Å². The van der Waals surface area contributed by atoms with Gasteiger partial charge in [0.25, 0.3) is 0 Å². The fourth-order valence-corrected chi connectivity index (χ4v) is 4.76. The third kappa shape index (κ3) is 1.46. The van der Waals surface area contributed by atoms with Crippen LogP contribution >= 0.6 is 11.6 Å². The van der Waals surface area contributed by atoms with E-state index in [2.05, 4.69) is 27.5 Å². The standard InChI is InChI=1S/C17H15ClFN3/c1-8-4-11-6-20-14-12(7-21-17(18)13(14)19)16(11)22(8)15-9-2-3-10(15)5-9/h4,6-7,9-10,15H,2-3,5H2,1H3. The Kier molecular flexibility index (Phi) is 2.44. The lowest BCUT2D eigenvalue weighted by Crippen LogP contribution is -2.31. The Hall–Kier alpha value is -1.68. The SMILES string of the molecule is Cc1cc2cnc3c(F)c(Cl)ncc3c2n1C1C2CCC1C2. The summed E-state index contributed by atoms with van der Waals surface area (Å²) >= 11 is 5.81. The molecule has 0 amide bonds. The van der Waals surface area contributed by atoms with Crippen molar-refractivity contribution in [3.05, 3.63) is 35.1 Å². The highest BCUT2D eigenvalue weighted by atomic mass is 35.5. The second-order valence-corrected chi connectivity index (χ2v) is 7.02. The topological polar surface area (TPSA) is 30.7 Å². The van der Waals surface area contributed by atoms with Crippen LogP contribution in [0.15, 0.2) is 18.5 Å². The number of halogens is 2. The molecule has 2 bridgehead atoms. The highest BCUT2D eigenvalue weighted by molar-refractivity contribution is 6.30. The first-order valence-corrected chi connectivity index (χ1v) is 8.13. The predicted molar refractivity (Wildman–Crippen MR) is 84.6 cm³/mol. The van der Waals surface area contributed by atoms with Gasteiger partial charge in [0.2, 0.25) is 0 Å². The number of rotatable bonds is 1. The number of aryl methyl sites for hydroxylation is 1. The van der Waals surface area contributed by atoms with Crippen LogP contribution < -0.4 is 0 Å². The first-order valence-electron chi connectivity index (χ1n) is 7.75. The monoisotopic (exact) mass is 315 g/mol. The Balaban J connectivity index is 1.88. The van der Waals surface area contributed by atoms with Crippen LogP contribution in [0, 0.1) is 24.6 Å². The average molecular weight is 316 g/mol. The normalized spacial score (nSPS) is 26.8. The van der Waals surface area contributed by atoms with Crippen molar-refractivity contribution in [2.75, 3.05) is 0 Å². The Morgan fingerprint density at radius 2 is 2.00 bits per heavy atom. The largest absolute Gasteiger partial charge is 0.341 e. The summed E-state index contributed by atoms with van der Waals surface area (Å²) in [5.74, 6) is 1.02. The van der Waals surface area contributed by atoms with E-state index in [0.29, 0.717) is 11.6 Å². The van der Waals surface area contributed by atoms with E-state index in [1.165, 1.54) is 25.0 Å². The van der Waals surface area contributed by atoms with Gasteiger partial charge in [0, 0.05) is 34.9 Å². The lowest BCUT2D eigenvalue weighted by atomic mass is 9.78. The molecule has 3 aromatic rings. The molecule has 5 heteroatoms. The van der Waals surface area contributed by atoms with Crippen LogP contribution in [0.1, 0.15) is 31.0 Å². The summed E-state index contributed by atoms with van der Waals surface area (Å²) in [7, 11) is 0. The molecule has 3 aliphatic rings. The zero-order valence-electron chi connectivity index (χ0n) is 12.2. The molecule has 0 aliphatic heterocycles. The van der Waals surface area contributed by atoms with Crippen LogP contribution in [-0.4, -0.2) is 14.5 Å². The molecule has 0 radical (unpaired) electrons. The number of hydrogen-bond acceptors (Lipinski definition) is 2. The van der Waals surface area contributed by atoms with Crippen molar-refractivity contribution in [2.45, 2.75) is 32.2 Å². The van der Waals surface area contributed by atoms with E-state index in [1.54, 1.807) is 12.4 Å². The average Bonchev–Trinajstić information content (AvgIpc) is 3.18.